The van der Waals surface area contributed by atoms with Crippen molar-refractivity contribution < 1.29 is 18.0 Å². The molecule has 1 aliphatic heterocycles. The van der Waals surface area contributed by atoms with Crippen molar-refractivity contribution in [3.8, 4) is 0 Å². The third kappa shape index (κ3) is 3.63. The molecule has 1 saturated heterocycles. The molecule has 8 heteroatoms. The Hall–Kier alpha value is -1.83. The molecule has 1 aromatic heterocycles. The van der Waals surface area contributed by atoms with Crippen LogP contribution in [-0.2, 0) is 0 Å². The fraction of sp³-hybridized carbons (Fsp3) is 0.538. The highest BCUT2D eigenvalue weighted by Crippen LogP contribution is 2.34. The molecule has 116 valence electrons. The molecular weight excluding hydrogens is 285 g/mol. The number of aromatic nitrogens is 1. The molecule has 0 bridgehead atoms. The minimum atomic E-state index is -4.21. The molecule has 0 aromatic carbocycles. The van der Waals surface area contributed by atoms with E-state index >= 15 is 0 Å². The van der Waals surface area contributed by atoms with Gasteiger partial charge in [-0.25, -0.2) is 10.8 Å². The zero-order chi connectivity index (χ0) is 15.6. The number of piperidine rings is 1. The zero-order valence-corrected chi connectivity index (χ0v) is 11.6. The maximum atomic E-state index is 12.8. The monoisotopic (exact) mass is 302 g/mol. The largest absolute Gasteiger partial charge is 0.393 e. The Morgan fingerprint density at radius 1 is 1.48 bits per heavy atom. The van der Waals surface area contributed by atoms with E-state index in [1.165, 1.54) is 6.07 Å². The summed E-state index contributed by atoms with van der Waals surface area (Å²) < 4.78 is 38.5. The van der Waals surface area contributed by atoms with Crippen molar-refractivity contribution >= 4 is 11.7 Å². The van der Waals surface area contributed by atoms with Gasteiger partial charge in [0.05, 0.1) is 5.92 Å². The molecule has 0 radical (unpaired) electrons. The molecule has 0 aliphatic carbocycles. The summed E-state index contributed by atoms with van der Waals surface area (Å²) in [6, 6.07) is 3.21. The quantitative estimate of drug-likeness (QED) is 0.496. The molecule has 1 fully saturated rings. The van der Waals surface area contributed by atoms with E-state index in [0.717, 1.165) is 5.56 Å². The minimum Gasteiger partial charge on any atom is -0.356 e. The molecule has 2 heterocycles. The van der Waals surface area contributed by atoms with Gasteiger partial charge >= 0.3 is 6.18 Å². The van der Waals surface area contributed by atoms with E-state index in [9.17, 15) is 18.0 Å². The predicted molar refractivity (Wildman–Crippen MR) is 71.6 cm³/mol. The average Bonchev–Trinajstić information content (AvgIpc) is 2.45. The van der Waals surface area contributed by atoms with Gasteiger partial charge in [0.15, 0.2) is 0 Å². The van der Waals surface area contributed by atoms with Crippen LogP contribution in [0.2, 0.25) is 0 Å². The van der Waals surface area contributed by atoms with E-state index in [1.807, 2.05) is 5.43 Å². The molecule has 1 amide bonds. The Balaban J connectivity index is 2.25. The van der Waals surface area contributed by atoms with Crippen LogP contribution in [0.4, 0.5) is 19.0 Å². The lowest BCUT2D eigenvalue weighted by molar-refractivity contribution is -0.176. The van der Waals surface area contributed by atoms with Gasteiger partial charge in [-0.3, -0.25) is 10.2 Å². The number of hydrogen-bond donors (Lipinski definition) is 2. The molecule has 1 atom stereocenters. The molecule has 3 N–H and O–H groups in total. The molecule has 5 nitrogen and oxygen atoms in total. The maximum Gasteiger partial charge on any atom is 0.393 e. The summed E-state index contributed by atoms with van der Waals surface area (Å²) in [6.07, 6.45) is -3.64. The summed E-state index contributed by atoms with van der Waals surface area (Å²) in [4.78, 5) is 17.2. The number of aryl methyl sites for hydroxylation is 1. The summed E-state index contributed by atoms with van der Waals surface area (Å²) in [6.45, 7) is 2.11. The summed E-state index contributed by atoms with van der Waals surface area (Å²) in [7, 11) is 0. The Bertz CT molecular complexity index is 533. The van der Waals surface area contributed by atoms with E-state index in [-0.39, 0.29) is 18.7 Å². The van der Waals surface area contributed by atoms with Crippen LogP contribution in [-0.4, -0.2) is 30.2 Å². The van der Waals surface area contributed by atoms with Crippen molar-refractivity contribution in [1.29, 1.82) is 0 Å². The highest BCUT2D eigenvalue weighted by atomic mass is 19.4. The number of carbonyl (C=O) groups is 1. The summed E-state index contributed by atoms with van der Waals surface area (Å²) in [5.41, 5.74) is 2.81. The number of halogens is 3. The maximum absolute atomic E-state index is 12.8. The lowest BCUT2D eigenvalue weighted by Gasteiger charge is -2.34. The average molecular weight is 302 g/mol. The number of nitrogen functional groups attached to an aromatic ring is 1. The van der Waals surface area contributed by atoms with Crippen molar-refractivity contribution in [2.45, 2.75) is 25.9 Å². The van der Waals surface area contributed by atoms with Gasteiger partial charge in [0.25, 0.3) is 5.91 Å². The van der Waals surface area contributed by atoms with Crippen molar-refractivity contribution in [2.75, 3.05) is 18.0 Å². The smallest absolute Gasteiger partial charge is 0.356 e. The minimum absolute atomic E-state index is 0.0987. The Kier molecular flexibility index (Phi) is 4.36. The van der Waals surface area contributed by atoms with E-state index < -0.39 is 18.0 Å². The van der Waals surface area contributed by atoms with Gasteiger partial charge in [0, 0.05) is 13.1 Å². The number of anilines is 1. The SMILES string of the molecule is Cc1cc(C(=O)NN)nc(N2CCCC(C(F)(F)F)C2)c1. The normalized spacial score (nSPS) is 19.5. The Morgan fingerprint density at radius 2 is 2.19 bits per heavy atom. The summed E-state index contributed by atoms with van der Waals surface area (Å²) in [5.74, 6) is 3.51. The number of rotatable bonds is 2. The first-order valence-corrected chi connectivity index (χ1v) is 6.62. The molecule has 2 rings (SSSR count). The fourth-order valence-electron chi connectivity index (χ4n) is 2.45. The number of nitrogens with two attached hydrogens (primary N) is 1. The van der Waals surface area contributed by atoms with Gasteiger partial charge in [-0.1, -0.05) is 0 Å². The number of hydrazine groups is 1. The zero-order valence-electron chi connectivity index (χ0n) is 11.6. The van der Waals surface area contributed by atoms with Crippen molar-refractivity contribution in [3.63, 3.8) is 0 Å². The number of carbonyl (C=O) groups excluding carboxylic acids is 1. The molecular formula is C13H17F3N4O. The molecule has 21 heavy (non-hydrogen) atoms. The summed E-state index contributed by atoms with van der Waals surface area (Å²) >= 11 is 0. The van der Waals surface area contributed by atoms with Crippen molar-refractivity contribution in [1.82, 2.24) is 10.4 Å². The van der Waals surface area contributed by atoms with Gasteiger partial charge in [-0.2, -0.15) is 13.2 Å². The van der Waals surface area contributed by atoms with E-state index in [2.05, 4.69) is 4.98 Å². The Labute approximate surface area is 120 Å². The third-order valence-corrected chi connectivity index (χ3v) is 3.53. The first kappa shape index (κ1) is 15.6. The second-order valence-electron chi connectivity index (χ2n) is 5.19. The van der Waals surface area contributed by atoms with Gasteiger partial charge in [-0.15, -0.1) is 0 Å². The summed E-state index contributed by atoms with van der Waals surface area (Å²) in [5, 5.41) is 0. The van der Waals surface area contributed by atoms with Crippen molar-refractivity contribution in [2.24, 2.45) is 11.8 Å². The van der Waals surface area contributed by atoms with Crippen LogP contribution in [0.3, 0.4) is 0 Å². The highest BCUT2D eigenvalue weighted by Gasteiger charge is 2.42. The highest BCUT2D eigenvalue weighted by molar-refractivity contribution is 5.92. The van der Waals surface area contributed by atoms with E-state index in [4.69, 9.17) is 5.84 Å². The Morgan fingerprint density at radius 3 is 2.81 bits per heavy atom. The first-order valence-electron chi connectivity index (χ1n) is 6.62. The number of amides is 1. The fourth-order valence-corrected chi connectivity index (χ4v) is 2.45. The van der Waals surface area contributed by atoms with Crippen LogP contribution in [0, 0.1) is 12.8 Å². The standard InChI is InChI=1S/C13H17F3N4O/c1-8-5-10(12(21)19-17)18-11(6-8)20-4-2-3-9(7-20)13(14,15)16/h5-6,9H,2-4,7,17H2,1H3,(H,19,21). The van der Waals surface area contributed by atoms with Gasteiger partial charge in [0.2, 0.25) is 0 Å². The molecule has 1 aromatic rings. The number of alkyl halides is 3. The molecule has 1 unspecified atom stereocenters. The second-order valence-corrected chi connectivity index (χ2v) is 5.19. The topological polar surface area (TPSA) is 71.2 Å². The van der Waals surface area contributed by atoms with Gasteiger partial charge in [-0.05, 0) is 37.5 Å². The van der Waals surface area contributed by atoms with Crippen LogP contribution >= 0.6 is 0 Å². The number of nitrogens with zero attached hydrogens (tertiary/aromatic N) is 2. The van der Waals surface area contributed by atoms with Crippen LogP contribution in [0.15, 0.2) is 12.1 Å². The lowest BCUT2D eigenvalue weighted by Crippen LogP contribution is -2.42. The van der Waals surface area contributed by atoms with Crippen LogP contribution in [0.25, 0.3) is 0 Å². The van der Waals surface area contributed by atoms with Crippen molar-refractivity contribution in [3.05, 3.63) is 23.4 Å². The van der Waals surface area contributed by atoms with E-state index in [1.54, 1.807) is 17.9 Å². The molecule has 1 aliphatic rings. The number of pyridine rings is 1. The van der Waals surface area contributed by atoms with Crippen LogP contribution < -0.4 is 16.2 Å². The lowest BCUT2D eigenvalue weighted by atomic mass is 9.97. The second kappa shape index (κ2) is 5.88. The predicted octanol–water partition coefficient (Wildman–Crippen LogP) is 1.77. The number of nitrogens with one attached hydrogen (secondary N) is 1. The van der Waals surface area contributed by atoms with Gasteiger partial charge < -0.3 is 4.90 Å². The van der Waals surface area contributed by atoms with Crippen LogP contribution in [0.5, 0.6) is 0 Å². The molecule has 0 saturated carbocycles. The van der Waals surface area contributed by atoms with E-state index in [0.29, 0.717) is 18.8 Å². The first-order chi connectivity index (χ1) is 9.81. The van der Waals surface area contributed by atoms with Crippen LogP contribution in [0.1, 0.15) is 28.9 Å². The molecule has 0 spiro atoms. The number of hydrogen-bond acceptors (Lipinski definition) is 4. The van der Waals surface area contributed by atoms with Gasteiger partial charge in [0.1, 0.15) is 11.5 Å². The third-order valence-electron chi connectivity index (χ3n) is 3.53.